The molecule has 1 amide bonds. The van der Waals surface area contributed by atoms with Crippen LogP contribution < -0.4 is 5.43 Å². The monoisotopic (exact) mass is 346 g/mol. The second-order valence-corrected chi connectivity index (χ2v) is 6.32. The number of hydrogen-bond acceptors (Lipinski definition) is 3. The van der Waals surface area contributed by atoms with Crippen LogP contribution in [0.3, 0.4) is 0 Å². The zero-order valence-corrected chi connectivity index (χ0v) is 15.0. The Balaban J connectivity index is 1.56. The summed E-state index contributed by atoms with van der Waals surface area (Å²) in [5, 5.41) is 4.06. The van der Waals surface area contributed by atoms with E-state index in [0.29, 0.717) is 6.54 Å². The van der Waals surface area contributed by atoms with Gasteiger partial charge in [0.15, 0.2) is 0 Å². The van der Waals surface area contributed by atoms with Gasteiger partial charge in [-0.05, 0) is 30.2 Å². The maximum absolute atomic E-state index is 12.3. The van der Waals surface area contributed by atoms with Gasteiger partial charge in [0.1, 0.15) is 0 Å². The van der Waals surface area contributed by atoms with Crippen LogP contribution in [-0.2, 0) is 11.3 Å². The summed E-state index contributed by atoms with van der Waals surface area (Å²) < 4.78 is 1.99. The van der Waals surface area contributed by atoms with E-state index < -0.39 is 0 Å². The van der Waals surface area contributed by atoms with Crippen molar-refractivity contribution in [1.29, 1.82) is 0 Å². The molecule has 5 nitrogen and oxygen atoms in total. The van der Waals surface area contributed by atoms with E-state index in [1.807, 2.05) is 79.1 Å². The minimum absolute atomic E-state index is 0.119. The van der Waals surface area contributed by atoms with E-state index in [1.54, 1.807) is 12.5 Å². The summed E-state index contributed by atoms with van der Waals surface area (Å²) in [4.78, 5) is 16.6. The van der Waals surface area contributed by atoms with Crippen molar-refractivity contribution in [3.63, 3.8) is 0 Å². The molecule has 1 N–H and O–H groups in total. The third-order valence-corrected chi connectivity index (χ3v) is 4.08. The highest BCUT2D eigenvalue weighted by Crippen LogP contribution is 2.13. The van der Waals surface area contributed by atoms with Crippen LogP contribution in [0.1, 0.15) is 19.4 Å². The highest BCUT2D eigenvalue weighted by atomic mass is 16.2. The van der Waals surface area contributed by atoms with Gasteiger partial charge in [-0.15, -0.1) is 0 Å². The fourth-order valence-electron chi connectivity index (χ4n) is 2.69. The Labute approximate surface area is 153 Å². The first-order valence-electron chi connectivity index (χ1n) is 8.59. The Bertz CT molecular complexity index is 941. The number of hydrogen-bond donors (Lipinski definition) is 1. The topological polar surface area (TPSA) is 59.3 Å². The molecular weight excluding hydrogens is 324 g/mol. The molecule has 1 heterocycles. The molecule has 0 aliphatic rings. The lowest BCUT2D eigenvalue weighted by molar-refractivity contribution is -0.124. The number of para-hydroxylation sites is 2. The van der Waals surface area contributed by atoms with Gasteiger partial charge in [-0.25, -0.2) is 10.4 Å². The molecule has 0 spiro atoms. The predicted molar refractivity (Wildman–Crippen MR) is 106 cm³/mol. The van der Waals surface area contributed by atoms with Crippen LogP contribution in [0.4, 0.5) is 0 Å². The third kappa shape index (κ3) is 4.45. The van der Waals surface area contributed by atoms with Crippen LogP contribution >= 0.6 is 0 Å². The molecule has 5 heteroatoms. The Morgan fingerprint density at radius 3 is 2.73 bits per heavy atom. The van der Waals surface area contributed by atoms with E-state index in [2.05, 4.69) is 15.5 Å². The largest absolute Gasteiger partial charge is 0.330 e. The summed E-state index contributed by atoms with van der Waals surface area (Å²) in [7, 11) is 0. The zero-order chi connectivity index (χ0) is 18.4. The van der Waals surface area contributed by atoms with Gasteiger partial charge in [0, 0.05) is 6.54 Å². The molecule has 0 aliphatic heterocycles. The molecule has 0 aliphatic carbocycles. The number of nitrogens with zero attached hydrogens (tertiary/aromatic N) is 3. The zero-order valence-electron chi connectivity index (χ0n) is 15.0. The minimum Gasteiger partial charge on any atom is -0.330 e. The molecular formula is C21H22N4O. The van der Waals surface area contributed by atoms with Crippen molar-refractivity contribution in [3.05, 3.63) is 72.1 Å². The number of imidazole rings is 1. The van der Waals surface area contributed by atoms with Gasteiger partial charge in [-0.2, -0.15) is 5.10 Å². The van der Waals surface area contributed by atoms with Crippen molar-refractivity contribution in [3.8, 4) is 0 Å². The average molecular weight is 346 g/mol. The normalized spacial score (nSPS) is 13.2. The number of fused-ring (bicyclic) bond motifs is 1. The lowest BCUT2D eigenvalue weighted by Crippen LogP contribution is -2.27. The van der Waals surface area contributed by atoms with E-state index in [-0.39, 0.29) is 11.8 Å². The SMILES string of the molecule is CC(/C=N\NC(=O)C(C)Cn1cnc2ccccc21)=C\c1ccccc1. The molecule has 2 aromatic carbocycles. The summed E-state index contributed by atoms with van der Waals surface area (Å²) in [6.07, 6.45) is 5.44. The number of carbonyl (C=O) groups excluding carboxylic acids is 1. The van der Waals surface area contributed by atoms with Crippen molar-refractivity contribution in [2.24, 2.45) is 11.0 Å². The van der Waals surface area contributed by atoms with Crippen molar-refractivity contribution < 1.29 is 4.79 Å². The van der Waals surface area contributed by atoms with Gasteiger partial charge < -0.3 is 4.57 Å². The van der Waals surface area contributed by atoms with Gasteiger partial charge in [-0.3, -0.25) is 4.79 Å². The lowest BCUT2D eigenvalue weighted by atomic mass is 10.1. The van der Waals surface area contributed by atoms with E-state index >= 15 is 0 Å². The maximum Gasteiger partial charge on any atom is 0.244 e. The first-order chi connectivity index (χ1) is 12.6. The van der Waals surface area contributed by atoms with Crippen molar-refractivity contribution >= 4 is 29.2 Å². The molecule has 132 valence electrons. The highest BCUT2D eigenvalue weighted by Gasteiger charge is 2.14. The second kappa shape index (κ2) is 8.25. The Morgan fingerprint density at radius 1 is 1.19 bits per heavy atom. The molecule has 3 rings (SSSR count). The number of hydrazone groups is 1. The molecule has 1 unspecified atom stereocenters. The molecule has 1 aromatic heterocycles. The van der Waals surface area contributed by atoms with Gasteiger partial charge in [0.2, 0.25) is 5.91 Å². The summed E-state index contributed by atoms with van der Waals surface area (Å²) in [5.41, 5.74) is 6.63. The summed E-state index contributed by atoms with van der Waals surface area (Å²) in [6.45, 7) is 4.39. The number of nitrogens with one attached hydrogen (secondary N) is 1. The second-order valence-electron chi connectivity index (χ2n) is 6.32. The molecule has 0 saturated heterocycles. The van der Waals surface area contributed by atoms with E-state index in [4.69, 9.17) is 0 Å². The third-order valence-electron chi connectivity index (χ3n) is 4.08. The maximum atomic E-state index is 12.3. The molecule has 3 aromatic rings. The van der Waals surface area contributed by atoms with Crippen LogP contribution in [-0.4, -0.2) is 21.7 Å². The predicted octanol–water partition coefficient (Wildman–Crippen LogP) is 3.88. The fraction of sp³-hybridized carbons (Fsp3) is 0.190. The van der Waals surface area contributed by atoms with Gasteiger partial charge in [0.25, 0.3) is 0 Å². The highest BCUT2D eigenvalue weighted by molar-refractivity contribution is 5.86. The number of benzene rings is 2. The molecule has 26 heavy (non-hydrogen) atoms. The first-order valence-corrected chi connectivity index (χ1v) is 8.59. The Kier molecular flexibility index (Phi) is 5.59. The summed E-state index contributed by atoms with van der Waals surface area (Å²) in [5.74, 6) is -0.338. The number of rotatable bonds is 6. The summed E-state index contributed by atoms with van der Waals surface area (Å²) in [6, 6.07) is 17.9. The first kappa shape index (κ1) is 17.6. The number of carbonyl (C=O) groups is 1. The molecule has 0 saturated carbocycles. The van der Waals surface area contributed by atoms with Crippen LogP contribution in [0.25, 0.3) is 17.1 Å². The van der Waals surface area contributed by atoms with Crippen LogP contribution in [0.15, 0.2) is 71.6 Å². The Morgan fingerprint density at radius 2 is 1.92 bits per heavy atom. The van der Waals surface area contributed by atoms with Gasteiger partial charge in [-0.1, -0.05) is 55.5 Å². The number of amides is 1. The molecule has 1 atom stereocenters. The number of allylic oxidation sites excluding steroid dienone is 1. The fourth-order valence-corrected chi connectivity index (χ4v) is 2.69. The smallest absolute Gasteiger partial charge is 0.244 e. The van der Waals surface area contributed by atoms with Crippen molar-refractivity contribution in [1.82, 2.24) is 15.0 Å². The van der Waals surface area contributed by atoms with Gasteiger partial charge >= 0.3 is 0 Å². The van der Waals surface area contributed by atoms with Crippen LogP contribution in [0.5, 0.6) is 0 Å². The molecule has 0 fully saturated rings. The van der Waals surface area contributed by atoms with Gasteiger partial charge in [0.05, 0.1) is 29.5 Å². The Hall–Kier alpha value is -3.21. The van der Waals surface area contributed by atoms with E-state index in [9.17, 15) is 4.79 Å². The van der Waals surface area contributed by atoms with E-state index in [1.165, 1.54) is 0 Å². The van der Waals surface area contributed by atoms with Crippen LogP contribution in [0, 0.1) is 5.92 Å². The quantitative estimate of drug-likeness (QED) is 0.544. The molecule has 0 bridgehead atoms. The summed E-state index contributed by atoms with van der Waals surface area (Å²) >= 11 is 0. The minimum atomic E-state index is -0.219. The van der Waals surface area contributed by atoms with Crippen molar-refractivity contribution in [2.75, 3.05) is 0 Å². The standard InChI is InChI=1S/C21H22N4O/c1-16(12-18-8-4-3-5-9-18)13-23-24-21(26)17(2)14-25-15-22-19-10-6-7-11-20(19)25/h3-13,15,17H,14H2,1-2H3,(H,24,26)/b16-12+,23-13-. The van der Waals surface area contributed by atoms with Crippen LogP contribution in [0.2, 0.25) is 0 Å². The van der Waals surface area contributed by atoms with Crippen molar-refractivity contribution in [2.45, 2.75) is 20.4 Å². The number of aromatic nitrogens is 2. The van der Waals surface area contributed by atoms with E-state index in [0.717, 1.165) is 22.2 Å². The lowest BCUT2D eigenvalue weighted by Gasteiger charge is -2.11. The molecule has 0 radical (unpaired) electrons. The average Bonchev–Trinajstić information content (AvgIpc) is 3.05.